The van der Waals surface area contributed by atoms with E-state index < -0.39 is 12.0 Å². The molecule has 0 aromatic carbocycles. The highest BCUT2D eigenvalue weighted by Gasteiger charge is 2.23. The fraction of sp³-hybridized carbons (Fsp3) is 0.846. The van der Waals surface area contributed by atoms with Crippen LogP contribution < -0.4 is 11.5 Å². The molecule has 0 spiro atoms. The Hall–Kier alpha value is -1.14. The number of hydrogen-bond donors (Lipinski definition) is 2. The van der Waals surface area contributed by atoms with Crippen LogP contribution in [0, 0.1) is 0 Å². The smallest absolute Gasteiger partial charge is 0.246 e. The third-order valence-electron chi connectivity index (χ3n) is 3.16. The lowest BCUT2D eigenvalue weighted by molar-refractivity contribution is -0.192. The molecule has 0 bridgehead atoms. The highest BCUT2D eigenvalue weighted by molar-refractivity contribution is 5.78. The van der Waals surface area contributed by atoms with Crippen molar-refractivity contribution in [3.63, 3.8) is 0 Å². The van der Waals surface area contributed by atoms with Gasteiger partial charge in [0.2, 0.25) is 11.8 Å². The molecule has 2 amide bonds. The third-order valence-corrected chi connectivity index (χ3v) is 3.16. The molecule has 0 aromatic heterocycles. The van der Waals surface area contributed by atoms with Gasteiger partial charge in [-0.2, -0.15) is 0 Å². The molecule has 0 radical (unpaired) electrons. The summed E-state index contributed by atoms with van der Waals surface area (Å²) < 4.78 is 11.0. The molecule has 2 unspecified atom stereocenters. The van der Waals surface area contributed by atoms with Gasteiger partial charge in [-0.1, -0.05) is 12.8 Å². The number of unbranched alkanes of at least 4 members (excludes halogenated alkanes) is 2. The molecule has 1 heterocycles. The second-order valence-electron chi connectivity index (χ2n) is 4.89. The predicted octanol–water partition coefficient (Wildman–Crippen LogP) is 0.819. The molecular formula is C13H24N2O4. The molecule has 110 valence electrons. The first-order chi connectivity index (χ1) is 9.09. The van der Waals surface area contributed by atoms with Crippen LogP contribution >= 0.6 is 0 Å². The third kappa shape index (κ3) is 7.12. The number of ether oxygens (including phenoxy) is 2. The molecule has 1 fully saturated rings. The zero-order chi connectivity index (χ0) is 14.1. The summed E-state index contributed by atoms with van der Waals surface area (Å²) in [6.45, 7) is 0.675. The summed E-state index contributed by atoms with van der Waals surface area (Å²) in [5.41, 5.74) is 10.4. The minimum absolute atomic E-state index is 0.293. The fourth-order valence-electron chi connectivity index (χ4n) is 2.08. The van der Waals surface area contributed by atoms with E-state index in [9.17, 15) is 9.59 Å². The van der Waals surface area contributed by atoms with Gasteiger partial charge in [0, 0.05) is 13.0 Å². The number of hydrogen-bond acceptors (Lipinski definition) is 4. The van der Waals surface area contributed by atoms with Gasteiger partial charge in [-0.05, 0) is 32.1 Å². The van der Waals surface area contributed by atoms with E-state index >= 15 is 0 Å². The maximum absolute atomic E-state index is 11.3. The molecule has 2 atom stereocenters. The Morgan fingerprint density at radius 1 is 1.21 bits per heavy atom. The SMILES string of the molecule is NC(=O)CCCCCC(OC1CCCCO1)C(N)=O. The summed E-state index contributed by atoms with van der Waals surface area (Å²) in [4.78, 5) is 21.9. The van der Waals surface area contributed by atoms with Crippen molar-refractivity contribution in [3.8, 4) is 0 Å². The van der Waals surface area contributed by atoms with Crippen LogP contribution in [0.3, 0.4) is 0 Å². The molecule has 0 aromatic rings. The number of carbonyl (C=O) groups excluding carboxylic acids is 2. The van der Waals surface area contributed by atoms with Crippen LogP contribution in [0.25, 0.3) is 0 Å². The van der Waals surface area contributed by atoms with E-state index in [1.165, 1.54) is 0 Å². The molecule has 4 N–H and O–H groups in total. The number of amides is 2. The van der Waals surface area contributed by atoms with Crippen LogP contribution in [0.1, 0.15) is 51.4 Å². The first-order valence-corrected chi connectivity index (χ1v) is 6.94. The largest absolute Gasteiger partial charge is 0.370 e. The van der Waals surface area contributed by atoms with E-state index in [0.717, 1.165) is 38.5 Å². The van der Waals surface area contributed by atoms with E-state index in [2.05, 4.69) is 0 Å². The highest BCUT2D eigenvalue weighted by Crippen LogP contribution is 2.18. The van der Waals surface area contributed by atoms with Crippen molar-refractivity contribution in [1.29, 1.82) is 0 Å². The van der Waals surface area contributed by atoms with Gasteiger partial charge in [-0.15, -0.1) is 0 Å². The Balaban J connectivity index is 2.20. The Labute approximate surface area is 113 Å². The maximum atomic E-state index is 11.3. The quantitative estimate of drug-likeness (QED) is 0.606. The zero-order valence-corrected chi connectivity index (χ0v) is 11.3. The van der Waals surface area contributed by atoms with Crippen LogP contribution in [-0.2, 0) is 19.1 Å². The molecule has 1 rings (SSSR count). The molecule has 6 heteroatoms. The second kappa shape index (κ2) is 8.87. The van der Waals surface area contributed by atoms with Crippen molar-refractivity contribution in [2.75, 3.05) is 6.61 Å². The lowest BCUT2D eigenvalue weighted by Crippen LogP contribution is -2.36. The standard InChI is InChI=1S/C13H24N2O4/c14-11(16)7-3-1-2-6-10(13(15)17)19-12-8-4-5-9-18-12/h10,12H,1-9H2,(H2,14,16)(H2,15,17). The zero-order valence-electron chi connectivity index (χ0n) is 11.3. The number of nitrogens with two attached hydrogens (primary N) is 2. The summed E-state index contributed by atoms with van der Waals surface area (Å²) in [6.07, 6.45) is 5.29. The van der Waals surface area contributed by atoms with Crippen LogP contribution in [0.15, 0.2) is 0 Å². The van der Waals surface area contributed by atoms with Gasteiger partial charge in [0.05, 0.1) is 0 Å². The van der Waals surface area contributed by atoms with E-state index in [1.54, 1.807) is 0 Å². The van der Waals surface area contributed by atoms with Gasteiger partial charge in [0.15, 0.2) is 6.29 Å². The lowest BCUT2D eigenvalue weighted by atomic mass is 10.1. The minimum atomic E-state index is -0.600. The monoisotopic (exact) mass is 272 g/mol. The summed E-state index contributed by atoms with van der Waals surface area (Å²) in [6, 6.07) is 0. The van der Waals surface area contributed by atoms with Gasteiger partial charge in [-0.3, -0.25) is 9.59 Å². The van der Waals surface area contributed by atoms with Crippen molar-refractivity contribution < 1.29 is 19.1 Å². The predicted molar refractivity (Wildman–Crippen MR) is 69.9 cm³/mol. The van der Waals surface area contributed by atoms with Crippen LogP contribution in [0.2, 0.25) is 0 Å². The van der Waals surface area contributed by atoms with Crippen molar-refractivity contribution in [2.45, 2.75) is 63.8 Å². The average molecular weight is 272 g/mol. The van der Waals surface area contributed by atoms with E-state index in [0.29, 0.717) is 19.4 Å². The van der Waals surface area contributed by atoms with Gasteiger partial charge in [-0.25, -0.2) is 0 Å². The van der Waals surface area contributed by atoms with E-state index in [4.69, 9.17) is 20.9 Å². The molecule has 19 heavy (non-hydrogen) atoms. The number of primary amides is 2. The highest BCUT2D eigenvalue weighted by atomic mass is 16.7. The average Bonchev–Trinajstić information content (AvgIpc) is 2.37. The Morgan fingerprint density at radius 3 is 2.58 bits per heavy atom. The summed E-state index contributed by atoms with van der Waals surface area (Å²) in [7, 11) is 0. The Morgan fingerprint density at radius 2 is 2.00 bits per heavy atom. The molecular weight excluding hydrogens is 248 g/mol. The van der Waals surface area contributed by atoms with E-state index in [-0.39, 0.29) is 12.2 Å². The molecule has 0 saturated carbocycles. The van der Waals surface area contributed by atoms with Gasteiger partial charge < -0.3 is 20.9 Å². The van der Waals surface area contributed by atoms with Crippen LogP contribution in [0.4, 0.5) is 0 Å². The molecule has 6 nitrogen and oxygen atoms in total. The minimum Gasteiger partial charge on any atom is -0.370 e. The fourth-order valence-corrected chi connectivity index (χ4v) is 2.08. The molecule has 1 aliphatic heterocycles. The lowest BCUT2D eigenvalue weighted by Gasteiger charge is -2.26. The van der Waals surface area contributed by atoms with Crippen LogP contribution in [0.5, 0.6) is 0 Å². The second-order valence-corrected chi connectivity index (χ2v) is 4.89. The van der Waals surface area contributed by atoms with Gasteiger partial charge in [0.1, 0.15) is 6.10 Å². The molecule has 1 saturated heterocycles. The Kier molecular flexibility index (Phi) is 7.43. The summed E-state index contributed by atoms with van der Waals surface area (Å²) in [5.74, 6) is -0.748. The number of rotatable bonds is 9. The topological polar surface area (TPSA) is 105 Å². The number of carbonyl (C=O) groups is 2. The normalized spacial score (nSPS) is 20.9. The van der Waals surface area contributed by atoms with Crippen LogP contribution in [-0.4, -0.2) is 30.8 Å². The maximum Gasteiger partial charge on any atom is 0.246 e. The van der Waals surface area contributed by atoms with Gasteiger partial charge >= 0.3 is 0 Å². The van der Waals surface area contributed by atoms with Crippen molar-refractivity contribution in [2.24, 2.45) is 11.5 Å². The summed E-state index contributed by atoms with van der Waals surface area (Å²) >= 11 is 0. The van der Waals surface area contributed by atoms with Crippen molar-refractivity contribution >= 4 is 11.8 Å². The molecule has 0 aliphatic carbocycles. The van der Waals surface area contributed by atoms with Crippen molar-refractivity contribution in [3.05, 3.63) is 0 Å². The van der Waals surface area contributed by atoms with Gasteiger partial charge in [0.25, 0.3) is 0 Å². The summed E-state index contributed by atoms with van der Waals surface area (Å²) in [5, 5.41) is 0. The molecule has 1 aliphatic rings. The Bertz CT molecular complexity index is 290. The first kappa shape index (κ1) is 15.9. The van der Waals surface area contributed by atoms with E-state index in [1.807, 2.05) is 0 Å². The first-order valence-electron chi connectivity index (χ1n) is 6.94. The van der Waals surface area contributed by atoms with Crippen molar-refractivity contribution in [1.82, 2.24) is 0 Å².